The Kier molecular flexibility index (Phi) is 4.61. The van der Waals surface area contributed by atoms with Crippen molar-refractivity contribution in [3.8, 4) is 0 Å². The number of benzene rings is 1. The van der Waals surface area contributed by atoms with E-state index in [-0.39, 0.29) is 17.8 Å². The fourth-order valence-corrected chi connectivity index (χ4v) is 5.56. The highest BCUT2D eigenvalue weighted by atomic mass is 35.5. The molecule has 4 bridgehead atoms. The smallest absolute Gasteiger partial charge is 0.152 e. The Morgan fingerprint density at radius 3 is 2.09 bits per heavy atom. The summed E-state index contributed by atoms with van der Waals surface area (Å²) in [6.07, 6.45) is 7.78. The van der Waals surface area contributed by atoms with E-state index in [1.54, 1.807) is 0 Å². The molecule has 0 saturated heterocycles. The van der Waals surface area contributed by atoms with Gasteiger partial charge in [-0.2, -0.15) is 0 Å². The van der Waals surface area contributed by atoms with Crippen LogP contribution in [0.15, 0.2) is 30.3 Å². The van der Waals surface area contributed by atoms with Gasteiger partial charge in [0.15, 0.2) is 5.78 Å². The Hall–Kier alpha value is -0.860. The number of ketones is 1. The average Bonchev–Trinajstić information content (AvgIpc) is 2.47. The Bertz CT molecular complexity index is 492. The summed E-state index contributed by atoms with van der Waals surface area (Å²) in [7, 11) is 0. The van der Waals surface area contributed by atoms with Crippen molar-refractivity contribution in [2.45, 2.75) is 45.1 Å². The van der Waals surface area contributed by atoms with Crippen LogP contribution >= 0.6 is 12.4 Å². The Balaban J connectivity index is 0.00000144. The van der Waals surface area contributed by atoms with Crippen LogP contribution in [0.3, 0.4) is 0 Å². The fraction of sp³-hybridized carbons (Fsp3) is 0.632. The Morgan fingerprint density at radius 1 is 1.00 bits per heavy atom. The van der Waals surface area contributed by atoms with Crippen LogP contribution in [0.25, 0.3) is 0 Å². The second kappa shape index (κ2) is 6.33. The molecule has 4 saturated carbocycles. The maximum Gasteiger partial charge on any atom is 0.152 e. The van der Waals surface area contributed by atoms with E-state index >= 15 is 0 Å². The summed E-state index contributed by atoms with van der Waals surface area (Å²) in [5, 5.41) is 3.38. The predicted molar refractivity (Wildman–Crippen MR) is 91.0 cm³/mol. The maximum atomic E-state index is 12.8. The van der Waals surface area contributed by atoms with Crippen LogP contribution in [0.1, 0.15) is 44.1 Å². The molecular weight excluding hydrogens is 294 g/mol. The normalized spacial score (nSPS) is 35.2. The molecule has 0 unspecified atom stereocenters. The minimum atomic E-state index is 0. The van der Waals surface area contributed by atoms with Gasteiger partial charge in [0.05, 0.1) is 6.54 Å². The van der Waals surface area contributed by atoms with E-state index < -0.39 is 0 Å². The zero-order chi connectivity index (χ0) is 14.3. The van der Waals surface area contributed by atoms with Gasteiger partial charge in [-0.25, -0.2) is 0 Å². The van der Waals surface area contributed by atoms with Gasteiger partial charge in [0.1, 0.15) is 0 Å². The topological polar surface area (TPSA) is 29.1 Å². The van der Waals surface area contributed by atoms with E-state index in [0.717, 1.165) is 24.3 Å². The standard InChI is InChI=1S/C19H25NO.ClH/c21-18(13-20-12-14-4-2-1-3-5-14)19-9-15-6-16(10-19)8-17(7-15)11-19;/h1-5,15-17,20H,6-13H2;1H. The molecule has 4 aliphatic rings. The minimum Gasteiger partial charge on any atom is -0.306 e. The molecule has 0 radical (unpaired) electrons. The lowest BCUT2D eigenvalue weighted by atomic mass is 9.48. The van der Waals surface area contributed by atoms with Gasteiger partial charge >= 0.3 is 0 Å². The van der Waals surface area contributed by atoms with Gasteiger partial charge in [-0.3, -0.25) is 4.79 Å². The van der Waals surface area contributed by atoms with Crippen molar-refractivity contribution < 1.29 is 4.79 Å². The van der Waals surface area contributed by atoms with Gasteiger partial charge < -0.3 is 5.32 Å². The van der Waals surface area contributed by atoms with E-state index in [9.17, 15) is 4.79 Å². The highest BCUT2D eigenvalue weighted by Gasteiger charge is 2.53. The molecule has 0 heterocycles. The van der Waals surface area contributed by atoms with Crippen LogP contribution in [0.4, 0.5) is 0 Å². The van der Waals surface area contributed by atoms with Crippen molar-refractivity contribution >= 4 is 18.2 Å². The third-order valence-corrected chi connectivity index (χ3v) is 6.09. The third kappa shape index (κ3) is 2.96. The largest absolute Gasteiger partial charge is 0.306 e. The van der Waals surface area contributed by atoms with Gasteiger partial charge in [-0.05, 0) is 61.8 Å². The molecule has 4 aliphatic carbocycles. The van der Waals surface area contributed by atoms with Gasteiger partial charge in [0.25, 0.3) is 0 Å². The maximum absolute atomic E-state index is 12.8. The van der Waals surface area contributed by atoms with E-state index in [0.29, 0.717) is 12.3 Å². The van der Waals surface area contributed by atoms with Gasteiger partial charge in [-0.1, -0.05) is 30.3 Å². The number of rotatable bonds is 5. The molecular formula is C19H26ClNO. The van der Waals surface area contributed by atoms with Crippen molar-refractivity contribution in [3.63, 3.8) is 0 Å². The van der Waals surface area contributed by atoms with Crippen molar-refractivity contribution in [2.75, 3.05) is 6.54 Å². The lowest BCUT2D eigenvalue weighted by Crippen LogP contribution is -2.52. The molecule has 1 aromatic carbocycles. The lowest BCUT2D eigenvalue weighted by Gasteiger charge is -2.56. The molecule has 1 N–H and O–H groups in total. The number of halogens is 1. The minimum absolute atomic E-state index is 0. The number of nitrogens with one attached hydrogen (secondary N) is 1. The number of hydrogen-bond acceptors (Lipinski definition) is 2. The zero-order valence-corrected chi connectivity index (χ0v) is 13.9. The van der Waals surface area contributed by atoms with Crippen LogP contribution < -0.4 is 5.32 Å². The quantitative estimate of drug-likeness (QED) is 0.889. The van der Waals surface area contributed by atoms with Crippen molar-refractivity contribution in [1.82, 2.24) is 5.32 Å². The highest BCUT2D eigenvalue weighted by molar-refractivity contribution is 5.87. The molecule has 1 aromatic rings. The SMILES string of the molecule is Cl.O=C(CNCc1ccccc1)C12CC3CC(CC(C3)C1)C2. The predicted octanol–water partition coefficient (Wildman–Crippen LogP) is 3.98. The molecule has 4 fully saturated rings. The molecule has 0 aromatic heterocycles. The monoisotopic (exact) mass is 319 g/mol. The molecule has 0 atom stereocenters. The first kappa shape index (κ1) is 16.0. The fourth-order valence-electron chi connectivity index (χ4n) is 5.56. The number of hydrogen-bond donors (Lipinski definition) is 1. The van der Waals surface area contributed by atoms with Gasteiger partial charge in [0, 0.05) is 12.0 Å². The van der Waals surface area contributed by atoms with E-state index in [2.05, 4.69) is 29.6 Å². The summed E-state index contributed by atoms with van der Waals surface area (Å²) < 4.78 is 0. The van der Waals surface area contributed by atoms with Crippen molar-refractivity contribution in [2.24, 2.45) is 23.2 Å². The van der Waals surface area contributed by atoms with E-state index in [4.69, 9.17) is 0 Å². The van der Waals surface area contributed by atoms with Crippen LogP contribution in [0, 0.1) is 23.2 Å². The summed E-state index contributed by atoms with van der Waals surface area (Å²) in [6, 6.07) is 10.4. The van der Waals surface area contributed by atoms with Gasteiger partial charge in [0.2, 0.25) is 0 Å². The first-order valence-electron chi connectivity index (χ1n) is 8.51. The molecule has 5 rings (SSSR count). The summed E-state index contributed by atoms with van der Waals surface area (Å²) in [6.45, 7) is 1.36. The van der Waals surface area contributed by atoms with Crippen molar-refractivity contribution in [1.29, 1.82) is 0 Å². The highest BCUT2D eigenvalue weighted by Crippen LogP contribution is 2.60. The van der Waals surface area contributed by atoms with Crippen molar-refractivity contribution in [3.05, 3.63) is 35.9 Å². The molecule has 2 nitrogen and oxygen atoms in total. The zero-order valence-electron chi connectivity index (χ0n) is 13.1. The molecule has 120 valence electrons. The number of Topliss-reactive ketones (excluding diaryl/α,β-unsaturated/α-hetero) is 1. The number of carbonyl (C=O) groups excluding carboxylic acids is 1. The third-order valence-electron chi connectivity index (χ3n) is 6.09. The summed E-state index contributed by atoms with van der Waals surface area (Å²) in [5.74, 6) is 3.07. The first-order valence-corrected chi connectivity index (χ1v) is 8.51. The van der Waals surface area contributed by atoms with Crippen LogP contribution in [-0.2, 0) is 11.3 Å². The molecule has 0 spiro atoms. The molecule has 22 heavy (non-hydrogen) atoms. The van der Waals surface area contributed by atoms with E-state index in [1.165, 1.54) is 44.1 Å². The van der Waals surface area contributed by atoms with E-state index in [1.807, 2.05) is 6.07 Å². The number of carbonyl (C=O) groups is 1. The molecule has 0 amide bonds. The Labute approximate surface area is 139 Å². The second-order valence-corrected chi connectivity index (χ2v) is 7.71. The Morgan fingerprint density at radius 2 is 1.55 bits per heavy atom. The van der Waals surface area contributed by atoms with Crippen LogP contribution in [-0.4, -0.2) is 12.3 Å². The van der Waals surface area contributed by atoms with Crippen LogP contribution in [0.2, 0.25) is 0 Å². The van der Waals surface area contributed by atoms with Gasteiger partial charge in [-0.15, -0.1) is 12.4 Å². The molecule has 0 aliphatic heterocycles. The second-order valence-electron chi connectivity index (χ2n) is 7.71. The lowest BCUT2D eigenvalue weighted by molar-refractivity contribution is -0.142. The summed E-state index contributed by atoms with van der Waals surface area (Å²) in [4.78, 5) is 12.8. The average molecular weight is 320 g/mol. The summed E-state index contributed by atoms with van der Waals surface area (Å²) >= 11 is 0. The summed E-state index contributed by atoms with van der Waals surface area (Å²) in [5.41, 5.74) is 1.31. The first-order chi connectivity index (χ1) is 10.2. The van der Waals surface area contributed by atoms with Crippen LogP contribution in [0.5, 0.6) is 0 Å². The molecule has 3 heteroatoms.